The molecule has 0 unspecified atom stereocenters. The fraction of sp³-hybridized carbons (Fsp3) is 0.200. The molecule has 0 fully saturated rings. The van der Waals surface area contributed by atoms with Crippen LogP contribution in [0.4, 0.5) is 14.5 Å². The summed E-state index contributed by atoms with van der Waals surface area (Å²) in [4.78, 5) is 0. The molecule has 0 atom stereocenters. The van der Waals surface area contributed by atoms with E-state index in [9.17, 15) is 8.78 Å². The van der Waals surface area contributed by atoms with Crippen LogP contribution in [0.5, 0.6) is 11.5 Å². The number of hydrogen-bond donors (Lipinski definition) is 1. The molecule has 0 spiro atoms. The van der Waals surface area contributed by atoms with E-state index in [1.807, 2.05) is 24.3 Å². The summed E-state index contributed by atoms with van der Waals surface area (Å²) in [5.74, 6) is 0.909. The minimum atomic E-state index is -2.80. The number of hydrogen-bond acceptors (Lipinski definition) is 3. The number of halogens is 2. The van der Waals surface area contributed by atoms with Crippen molar-refractivity contribution in [1.82, 2.24) is 0 Å². The third-order valence-electron chi connectivity index (χ3n) is 2.74. The van der Waals surface area contributed by atoms with E-state index in [2.05, 4.69) is 10.1 Å². The maximum absolute atomic E-state index is 12.0. The third kappa shape index (κ3) is 3.85. The van der Waals surface area contributed by atoms with E-state index in [-0.39, 0.29) is 5.75 Å². The van der Waals surface area contributed by atoms with Crippen LogP contribution in [-0.4, -0.2) is 13.7 Å². The van der Waals surface area contributed by atoms with Crippen LogP contribution < -0.4 is 14.8 Å². The molecular weight excluding hydrogens is 264 g/mol. The van der Waals surface area contributed by atoms with Crippen LogP contribution in [0.15, 0.2) is 48.5 Å². The second-order valence-electron chi connectivity index (χ2n) is 4.08. The van der Waals surface area contributed by atoms with Gasteiger partial charge in [0.2, 0.25) is 0 Å². The minimum Gasteiger partial charge on any atom is -0.495 e. The fourth-order valence-electron chi connectivity index (χ4n) is 1.78. The van der Waals surface area contributed by atoms with Crippen LogP contribution in [0, 0.1) is 0 Å². The Morgan fingerprint density at radius 3 is 2.40 bits per heavy atom. The highest BCUT2D eigenvalue weighted by atomic mass is 19.3. The molecule has 0 aliphatic rings. The number of para-hydroxylation sites is 2. The molecule has 0 bridgehead atoms. The Labute approximate surface area is 116 Å². The van der Waals surface area contributed by atoms with Crippen LogP contribution in [-0.2, 0) is 6.54 Å². The van der Waals surface area contributed by atoms with E-state index in [0.29, 0.717) is 6.54 Å². The Balaban J connectivity index is 1.97. The van der Waals surface area contributed by atoms with Crippen molar-refractivity contribution in [3.8, 4) is 11.5 Å². The molecule has 2 aromatic rings. The summed E-state index contributed by atoms with van der Waals surface area (Å²) in [7, 11) is 1.61. The molecule has 0 heterocycles. The third-order valence-corrected chi connectivity index (χ3v) is 2.74. The van der Waals surface area contributed by atoms with Gasteiger partial charge < -0.3 is 14.8 Å². The van der Waals surface area contributed by atoms with E-state index in [4.69, 9.17) is 4.74 Å². The molecule has 2 aromatic carbocycles. The normalized spacial score (nSPS) is 10.4. The number of anilines is 1. The zero-order valence-electron chi connectivity index (χ0n) is 11.0. The van der Waals surface area contributed by atoms with E-state index in [1.54, 1.807) is 19.2 Å². The molecule has 0 amide bonds. The first-order valence-electron chi connectivity index (χ1n) is 6.09. The summed E-state index contributed by atoms with van der Waals surface area (Å²) >= 11 is 0. The lowest BCUT2D eigenvalue weighted by Crippen LogP contribution is -2.03. The quantitative estimate of drug-likeness (QED) is 0.869. The van der Waals surface area contributed by atoms with Gasteiger partial charge in [0, 0.05) is 6.54 Å². The number of nitrogens with one attached hydrogen (secondary N) is 1. The monoisotopic (exact) mass is 279 g/mol. The van der Waals surface area contributed by atoms with Crippen molar-refractivity contribution in [2.24, 2.45) is 0 Å². The van der Waals surface area contributed by atoms with Gasteiger partial charge in [-0.3, -0.25) is 0 Å². The summed E-state index contributed by atoms with van der Waals surface area (Å²) in [6.07, 6.45) is 0. The lowest BCUT2D eigenvalue weighted by molar-refractivity contribution is -0.0498. The van der Waals surface area contributed by atoms with Crippen LogP contribution in [0.2, 0.25) is 0 Å². The molecule has 0 radical (unpaired) electrons. The first-order chi connectivity index (χ1) is 9.69. The van der Waals surface area contributed by atoms with Gasteiger partial charge in [0.1, 0.15) is 11.5 Å². The van der Waals surface area contributed by atoms with Gasteiger partial charge in [-0.25, -0.2) is 0 Å². The van der Waals surface area contributed by atoms with E-state index in [1.165, 1.54) is 12.1 Å². The van der Waals surface area contributed by atoms with E-state index >= 15 is 0 Å². The summed E-state index contributed by atoms with van der Waals surface area (Å²) in [5.41, 5.74) is 1.83. The first kappa shape index (κ1) is 14.1. The average Bonchev–Trinajstić information content (AvgIpc) is 2.46. The van der Waals surface area contributed by atoms with Gasteiger partial charge in [-0.05, 0) is 29.8 Å². The number of methoxy groups -OCH3 is 1. The van der Waals surface area contributed by atoms with Crippen molar-refractivity contribution < 1.29 is 18.3 Å². The number of benzene rings is 2. The largest absolute Gasteiger partial charge is 0.495 e. The van der Waals surface area contributed by atoms with Gasteiger partial charge in [0.15, 0.2) is 0 Å². The van der Waals surface area contributed by atoms with E-state index in [0.717, 1.165) is 17.0 Å². The smallest absolute Gasteiger partial charge is 0.387 e. The van der Waals surface area contributed by atoms with E-state index < -0.39 is 6.61 Å². The van der Waals surface area contributed by atoms with Crippen LogP contribution in [0.3, 0.4) is 0 Å². The summed E-state index contributed by atoms with van der Waals surface area (Å²) in [6.45, 7) is -2.23. The molecular formula is C15H15F2NO2. The highest BCUT2D eigenvalue weighted by Crippen LogP contribution is 2.24. The topological polar surface area (TPSA) is 30.5 Å². The van der Waals surface area contributed by atoms with Gasteiger partial charge >= 0.3 is 6.61 Å². The fourth-order valence-corrected chi connectivity index (χ4v) is 1.78. The van der Waals surface area contributed by atoms with Crippen LogP contribution >= 0.6 is 0 Å². The van der Waals surface area contributed by atoms with Gasteiger partial charge in [-0.15, -0.1) is 0 Å². The lowest BCUT2D eigenvalue weighted by atomic mass is 10.2. The second kappa shape index (κ2) is 6.75. The van der Waals surface area contributed by atoms with Crippen molar-refractivity contribution in [2.45, 2.75) is 13.2 Å². The highest BCUT2D eigenvalue weighted by molar-refractivity contribution is 5.56. The molecule has 2 rings (SSSR count). The molecule has 20 heavy (non-hydrogen) atoms. The Hall–Kier alpha value is -2.30. The molecule has 106 valence electrons. The number of alkyl halides is 2. The van der Waals surface area contributed by atoms with Gasteiger partial charge in [0.25, 0.3) is 0 Å². The van der Waals surface area contributed by atoms with Crippen molar-refractivity contribution >= 4 is 5.69 Å². The van der Waals surface area contributed by atoms with Gasteiger partial charge in [-0.2, -0.15) is 8.78 Å². The highest BCUT2D eigenvalue weighted by Gasteiger charge is 2.04. The van der Waals surface area contributed by atoms with Crippen LogP contribution in [0.1, 0.15) is 5.56 Å². The molecule has 1 N–H and O–H groups in total. The van der Waals surface area contributed by atoms with Crippen molar-refractivity contribution in [3.63, 3.8) is 0 Å². The standard InChI is InChI=1S/C15H15F2NO2/c1-19-14-5-3-2-4-13(14)18-10-11-6-8-12(9-7-11)20-15(16)17/h2-9,15,18H,10H2,1H3. The lowest BCUT2D eigenvalue weighted by Gasteiger charge is -2.11. The molecule has 0 saturated carbocycles. The number of rotatable bonds is 6. The molecule has 0 aromatic heterocycles. The van der Waals surface area contributed by atoms with Crippen molar-refractivity contribution in [3.05, 3.63) is 54.1 Å². The molecule has 3 nitrogen and oxygen atoms in total. The molecule has 0 aliphatic heterocycles. The maximum Gasteiger partial charge on any atom is 0.387 e. The zero-order chi connectivity index (χ0) is 14.4. The minimum absolute atomic E-state index is 0.154. The predicted octanol–water partition coefficient (Wildman–Crippen LogP) is 3.91. The van der Waals surface area contributed by atoms with Crippen molar-refractivity contribution in [1.29, 1.82) is 0 Å². The SMILES string of the molecule is COc1ccccc1NCc1ccc(OC(F)F)cc1. The summed E-state index contributed by atoms with van der Waals surface area (Å²) < 4.78 is 33.6. The summed E-state index contributed by atoms with van der Waals surface area (Å²) in [6, 6.07) is 14.1. The summed E-state index contributed by atoms with van der Waals surface area (Å²) in [5, 5.41) is 3.23. The first-order valence-corrected chi connectivity index (χ1v) is 6.09. The Bertz CT molecular complexity index is 544. The van der Waals surface area contributed by atoms with Crippen molar-refractivity contribution in [2.75, 3.05) is 12.4 Å². The predicted molar refractivity (Wildman–Crippen MR) is 73.4 cm³/mol. The van der Waals surface area contributed by atoms with Gasteiger partial charge in [-0.1, -0.05) is 24.3 Å². The number of ether oxygens (including phenoxy) is 2. The van der Waals surface area contributed by atoms with Gasteiger partial charge in [0.05, 0.1) is 12.8 Å². The van der Waals surface area contributed by atoms with Crippen LogP contribution in [0.25, 0.3) is 0 Å². The molecule has 0 aliphatic carbocycles. The average molecular weight is 279 g/mol. The molecule has 0 saturated heterocycles. The Morgan fingerprint density at radius 1 is 1.05 bits per heavy atom. The molecule has 5 heteroatoms. The Morgan fingerprint density at radius 2 is 1.75 bits per heavy atom. The zero-order valence-corrected chi connectivity index (χ0v) is 11.0. The maximum atomic E-state index is 12.0. The second-order valence-corrected chi connectivity index (χ2v) is 4.08. The Kier molecular flexibility index (Phi) is 4.76.